The van der Waals surface area contributed by atoms with E-state index in [2.05, 4.69) is 79.5 Å². The SMILES string of the molecule is CC1(C)N=C(Cc2ccccc2)SC12CSC1(S2)C2CC3CC(C2)CC1C3. The molecule has 2 spiro atoms. The third kappa shape index (κ3) is 2.58. The molecule has 1 nitrogen and oxygen atoms in total. The fourth-order valence-electron chi connectivity index (χ4n) is 6.70. The number of hydrogen-bond acceptors (Lipinski definition) is 4. The Labute approximate surface area is 176 Å². The zero-order chi connectivity index (χ0) is 18.3. The first-order valence-electron chi connectivity index (χ1n) is 10.6. The Bertz CT molecular complexity index is 758. The molecule has 0 radical (unpaired) electrons. The van der Waals surface area contributed by atoms with Crippen LogP contribution in [0.1, 0.15) is 51.5 Å². The van der Waals surface area contributed by atoms with Crippen molar-refractivity contribution in [3.8, 4) is 0 Å². The van der Waals surface area contributed by atoms with Gasteiger partial charge in [0, 0.05) is 12.2 Å². The monoisotopic (exact) mass is 415 g/mol. The molecule has 1 aromatic rings. The molecule has 1 atom stereocenters. The molecular formula is C23H29NS3. The molecule has 4 saturated carbocycles. The fraction of sp³-hybridized carbons (Fsp3) is 0.696. The van der Waals surface area contributed by atoms with Gasteiger partial charge in [-0.15, -0.1) is 23.5 Å². The summed E-state index contributed by atoms with van der Waals surface area (Å²) in [4.78, 5) is 5.29. The van der Waals surface area contributed by atoms with Gasteiger partial charge in [-0.05, 0) is 75.2 Å². The molecule has 4 aliphatic carbocycles. The lowest BCUT2D eigenvalue weighted by Crippen LogP contribution is -2.54. The highest BCUT2D eigenvalue weighted by Crippen LogP contribution is 2.76. The number of thioether (sulfide) groups is 3. The van der Waals surface area contributed by atoms with Crippen molar-refractivity contribution in [2.24, 2.45) is 28.7 Å². The highest BCUT2D eigenvalue weighted by atomic mass is 32.2. The van der Waals surface area contributed by atoms with Crippen LogP contribution in [0.15, 0.2) is 35.3 Å². The van der Waals surface area contributed by atoms with Crippen molar-refractivity contribution in [1.82, 2.24) is 0 Å². The van der Waals surface area contributed by atoms with Gasteiger partial charge in [0.2, 0.25) is 0 Å². The van der Waals surface area contributed by atoms with Crippen molar-refractivity contribution in [3.63, 3.8) is 0 Å². The molecule has 27 heavy (non-hydrogen) atoms. The van der Waals surface area contributed by atoms with Gasteiger partial charge < -0.3 is 0 Å². The lowest BCUT2D eigenvalue weighted by molar-refractivity contribution is 0.0158. The summed E-state index contributed by atoms with van der Waals surface area (Å²) >= 11 is 6.88. The number of benzene rings is 1. The van der Waals surface area contributed by atoms with Gasteiger partial charge in [0.1, 0.15) is 4.08 Å². The van der Waals surface area contributed by atoms with Crippen LogP contribution in [0.4, 0.5) is 0 Å². The van der Waals surface area contributed by atoms with Crippen LogP contribution in [-0.2, 0) is 6.42 Å². The van der Waals surface area contributed by atoms with Crippen LogP contribution < -0.4 is 0 Å². The average Bonchev–Trinajstić information content (AvgIpc) is 3.12. The van der Waals surface area contributed by atoms with Crippen molar-refractivity contribution in [2.45, 2.75) is 66.1 Å². The fourth-order valence-corrected chi connectivity index (χ4v) is 13.7. The Morgan fingerprint density at radius 2 is 1.63 bits per heavy atom. The zero-order valence-corrected chi connectivity index (χ0v) is 18.8. The van der Waals surface area contributed by atoms with Crippen LogP contribution in [0.3, 0.4) is 0 Å². The van der Waals surface area contributed by atoms with Crippen LogP contribution in [0.25, 0.3) is 0 Å². The molecule has 7 rings (SSSR count). The minimum Gasteiger partial charge on any atom is -0.274 e. The summed E-state index contributed by atoms with van der Waals surface area (Å²) in [7, 11) is 0. The lowest BCUT2D eigenvalue weighted by atomic mass is 9.56. The quantitative estimate of drug-likeness (QED) is 0.548. The van der Waals surface area contributed by atoms with Gasteiger partial charge in [0.25, 0.3) is 0 Å². The standard InChI is InChI=1S/C23H29NS3/c1-21(2)22(26-20(24-21)13-15-6-4-3-5-7-15)14-25-23(27-22)18-9-16-8-17(11-18)12-19(23)10-16/h3-7,16-19H,8-14H2,1-2H3. The maximum Gasteiger partial charge on any atom is 0.102 e. The summed E-state index contributed by atoms with van der Waals surface area (Å²) in [5, 5.41) is 1.36. The molecule has 0 aromatic heterocycles. The van der Waals surface area contributed by atoms with Crippen molar-refractivity contribution in [1.29, 1.82) is 0 Å². The minimum absolute atomic E-state index is 0.0393. The summed E-state index contributed by atoms with van der Waals surface area (Å²) in [6.45, 7) is 4.81. The number of rotatable bonds is 2. The van der Waals surface area contributed by atoms with E-state index in [9.17, 15) is 0 Å². The topological polar surface area (TPSA) is 12.4 Å². The summed E-state index contributed by atoms with van der Waals surface area (Å²) in [6.07, 6.45) is 8.63. The van der Waals surface area contributed by atoms with Crippen LogP contribution in [-0.4, -0.2) is 24.5 Å². The van der Waals surface area contributed by atoms with Gasteiger partial charge in [0.05, 0.1) is 14.7 Å². The van der Waals surface area contributed by atoms with E-state index in [1.54, 1.807) is 6.42 Å². The Balaban J connectivity index is 1.27. The third-order valence-corrected chi connectivity index (χ3v) is 14.5. The first kappa shape index (κ1) is 17.8. The molecule has 1 saturated heterocycles. The van der Waals surface area contributed by atoms with Gasteiger partial charge in [-0.2, -0.15) is 0 Å². The summed E-state index contributed by atoms with van der Waals surface area (Å²) in [5.74, 6) is 5.34. The third-order valence-electron chi connectivity index (χ3n) is 7.91. The Morgan fingerprint density at radius 1 is 0.963 bits per heavy atom. The van der Waals surface area contributed by atoms with Crippen LogP contribution >= 0.6 is 35.3 Å². The Kier molecular flexibility index (Phi) is 3.94. The molecule has 144 valence electrons. The predicted molar refractivity (Wildman–Crippen MR) is 122 cm³/mol. The van der Waals surface area contributed by atoms with Crippen LogP contribution in [0.2, 0.25) is 0 Å². The maximum absolute atomic E-state index is 5.29. The summed E-state index contributed by atoms with van der Waals surface area (Å²) in [6, 6.07) is 10.9. The van der Waals surface area contributed by atoms with E-state index in [-0.39, 0.29) is 9.62 Å². The number of nitrogens with zero attached hydrogens (tertiary/aromatic N) is 1. The Hall–Kier alpha value is -0.0600. The van der Waals surface area contributed by atoms with E-state index in [0.717, 1.165) is 30.1 Å². The molecule has 4 heteroatoms. The van der Waals surface area contributed by atoms with E-state index in [4.69, 9.17) is 4.99 Å². The van der Waals surface area contributed by atoms with E-state index >= 15 is 0 Å². The Morgan fingerprint density at radius 3 is 2.30 bits per heavy atom. The number of aliphatic imine (C=N–C) groups is 1. The molecular weight excluding hydrogens is 386 g/mol. The highest BCUT2D eigenvalue weighted by molar-refractivity contribution is 8.33. The van der Waals surface area contributed by atoms with Crippen molar-refractivity contribution in [2.75, 3.05) is 5.75 Å². The first-order valence-corrected chi connectivity index (χ1v) is 13.3. The predicted octanol–water partition coefficient (Wildman–Crippen LogP) is 6.48. The van der Waals surface area contributed by atoms with Crippen molar-refractivity contribution >= 4 is 40.3 Å². The maximum atomic E-state index is 5.29. The zero-order valence-electron chi connectivity index (χ0n) is 16.3. The van der Waals surface area contributed by atoms with Crippen molar-refractivity contribution in [3.05, 3.63) is 35.9 Å². The van der Waals surface area contributed by atoms with Crippen molar-refractivity contribution < 1.29 is 0 Å². The second-order valence-corrected chi connectivity index (χ2v) is 14.7. The summed E-state index contributed by atoms with van der Waals surface area (Å²) in [5.41, 5.74) is 1.44. The van der Waals surface area contributed by atoms with E-state index in [1.807, 2.05) is 0 Å². The van der Waals surface area contributed by atoms with Gasteiger partial charge in [-0.1, -0.05) is 42.1 Å². The highest BCUT2D eigenvalue weighted by Gasteiger charge is 2.68. The smallest absolute Gasteiger partial charge is 0.102 e. The lowest BCUT2D eigenvalue weighted by Gasteiger charge is -2.59. The van der Waals surface area contributed by atoms with E-state index in [1.165, 1.54) is 42.0 Å². The molecule has 6 aliphatic rings. The normalized spacial score (nSPS) is 46.5. The summed E-state index contributed by atoms with van der Waals surface area (Å²) < 4.78 is 0.757. The molecule has 2 aliphatic heterocycles. The van der Waals surface area contributed by atoms with Gasteiger partial charge in [-0.25, -0.2) is 0 Å². The number of hydrogen-bond donors (Lipinski definition) is 0. The molecule has 2 heterocycles. The first-order chi connectivity index (χ1) is 13.0. The molecule has 0 amide bonds. The van der Waals surface area contributed by atoms with Crippen LogP contribution in [0, 0.1) is 23.7 Å². The van der Waals surface area contributed by atoms with E-state index < -0.39 is 0 Å². The molecule has 0 N–H and O–H groups in total. The van der Waals surface area contributed by atoms with Crippen LogP contribution in [0.5, 0.6) is 0 Å². The molecule has 1 aromatic carbocycles. The second-order valence-electron chi connectivity index (χ2n) is 10.00. The van der Waals surface area contributed by atoms with Gasteiger partial charge in [-0.3, -0.25) is 4.99 Å². The largest absolute Gasteiger partial charge is 0.274 e. The molecule has 5 fully saturated rings. The minimum atomic E-state index is 0.0393. The van der Waals surface area contributed by atoms with Gasteiger partial charge in [0.15, 0.2) is 0 Å². The van der Waals surface area contributed by atoms with E-state index in [0.29, 0.717) is 4.08 Å². The van der Waals surface area contributed by atoms with Gasteiger partial charge >= 0.3 is 0 Å². The molecule has 1 unspecified atom stereocenters. The second kappa shape index (κ2) is 5.98. The average molecular weight is 416 g/mol. The molecule has 4 bridgehead atoms.